The molecule has 0 aromatic heterocycles. The summed E-state index contributed by atoms with van der Waals surface area (Å²) in [5, 5.41) is 3.21. The van der Waals surface area contributed by atoms with Crippen LogP contribution >= 0.6 is 24.8 Å². The summed E-state index contributed by atoms with van der Waals surface area (Å²) in [7, 11) is 1.72. The monoisotopic (exact) mass is 485 g/mol. The van der Waals surface area contributed by atoms with Crippen molar-refractivity contribution in [1.29, 1.82) is 0 Å². The normalized spacial score (nSPS) is 22.2. The Morgan fingerprint density at radius 2 is 1.78 bits per heavy atom. The van der Waals surface area contributed by atoms with E-state index in [1.165, 1.54) is 63.8 Å². The van der Waals surface area contributed by atoms with E-state index in [-0.39, 0.29) is 36.6 Å². The molecule has 182 valence electrons. The van der Waals surface area contributed by atoms with Gasteiger partial charge in [-0.15, -0.1) is 24.8 Å². The lowest BCUT2D eigenvalue weighted by molar-refractivity contribution is -0.122. The van der Waals surface area contributed by atoms with Gasteiger partial charge in [-0.25, -0.2) is 0 Å². The van der Waals surface area contributed by atoms with Crippen molar-refractivity contribution in [2.45, 2.75) is 69.7 Å². The Labute approximate surface area is 206 Å². The Morgan fingerprint density at radius 3 is 2.50 bits per heavy atom. The number of nitrogens with zero attached hydrogens (tertiary/aromatic N) is 2. The van der Waals surface area contributed by atoms with Gasteiger partial charge in [-0.3, -0.25) is 9.69 Å². The zero-order valence-corrected chi connectivity index (χ0v) is 21.2. The zero-order chi connectivity index (χ0) is 20.8. The Kier molecular flexibility index (Phi) is 11.6. The lowest BCUT2D eigenvalue weighted by Gasteiger charge is -2.40. The van der Waals surface area contributed by atoms with Crippen molar-refractivity contribution in [3.63, 3.8) is 0 Å². The molecule has 2 aliphatic carbocycles. The number of carbonyl (C=O) groups excluding carboxylic acids is 1. The first-order valence-corrected chi connectivity index (χ1v) is 12.2. The molecule has 1 heterocycles. The molecule has 0 bridgehead atoms. The molecule has 1 saturated heterocycles. The Morgan fingerprint density at radius 1 is 1.03 bits per heavy atom. The van der Waals surface area contributed by atoms with Gasteiger partial charge in [0.25, 0.3) is 0 Å². The number of carbonyl (C=O) groups is 1. The Hall–Kier alpha value is -1.01. The lowest BCUT2D eigenvalue weighted by Crippen LogP contribution is -2.51. The molecule has 1 aliphatic heterocycles. The second kappa shape index (κ2) is 13.6. The van der Waals surface area contributed by atoms with Gasteiger partial charge in [0.05, 0.1) is 13.0 Å². The topological polar surface area (TPSA) is 44.8 Å². The van der Waals surface area contributed by atoms with Crippen molar-refractivity contribution >= 4 is 30.7 Å². The van der Waals surface area contributed by atoms with Crippen molar-refractivity contribution in [3.8, 4) is 5.75 Å². The van der Waals surface area contributed by atoms with Crippen LogP contribution in [0.4, 0.5) is 0 Å². The van der Waals surface area contributed by atoms with Gasteiger partial charge in [-0.1, -0.05) is 31.4 Å². The number of hydrogen-bond acceptors (Lipinski definition) is 4. The molecule has 7 heteroatoms. The molecule has 1 atom stereocenters. The highest BCUT2D eigenvalue weighted by Gasteiger charge is 2.28. The van der Waals surface area contributed by atoms with Crippen LogP contribution in [0.3, 0.4) is 0 Å². The first-order chi connectivity index (χ1) is 14.8. The van der Waals surface area contributed by atoms with Crippen molar-refractivity contribution in [2.75, 3.05) is 46.4 Å². The SMILES string of the molecule is COc1cccc2c1CCCC2C(=O)NCCCN1CCN(C2CCCCC2)CC1.Cl.Cl. The fourth-order valence-corrected chi connectivity index (χ4v) is 5.71. The number of nitrogens with one attached hydrogen (secondary N) is 1. The summed E-state index contributed by atoms with van der Waals surface area (Å²) >= 11 is 0. The van der Waals surface area contributed by atoms with E-state index in [1.54, 1.807) is 7.11 Å². The first-order valence-electron chi connectivity index (χ1n) is 12.2. The van der Waals surface area contributed by atoms with Crippen LogP contribution in [-0.2, 0) is 11.2 Å². The number of fused-ring (bicyclic) bond motifs is 1. The summed E-state index contributed by atoms with van der Waals surface area (Å²) in [5.74, 6) is 1.09. The number of ether oxygens (including phenoxy) is 1. The van der Waals surface area contributed by atoms with Gasteiger partial charge in [-0.05, 0) is 62.3 Å². The van der Waals surface area contributed by atoms with Crippen LogP contribution in [0.1, 0.15) is 68.4 Å². The molecule has 1 N–H and O–H groups in total. The summed E-state index contributed by atoms with van der Waals surface area (Å²) in [5.41, 5.74) is 2.39. The highest BCUT2D eigenvalue weighted by Crippen LogP contribution is 2.36. The number of halogens is 2. The number of methoxy groups -OCH3 is 1. The molecular weight excluding hydrogens is 445 g/mol. The molecular formula is C25H41Cl2N3O2. The van der Waals surface area contributed by atoms with E-state index in [4.69, 9.17) is 4.74 Å². The summed E-state index contributed by atoms with van der Waals surface area (Å²) in [6.45, 7) is 6.67. The van der Waals surface area contributed by atoms with Crippen LogP contribution < -0.4 is 10.1 Å². The van der Waals surface area contributed by atoms with Crippen LogP contribution in [-0.4, -0.2) is 68.1 Å². The molecule has 1 amide bonds. The predicted molar refractivity (Wildman–Crippen MR) is 136 cm³/mol. The van der Waals surface area contributed by atoms with E-state index < -0.39 is 0 Å². The van der Waals surface area contributed by atoms with E-state index in [0.29, 0.717) is 0 Å². The Balaban J connectivity index is 0.00000181. The molecule has 1 aromatic carbocycles. The highest BCUT2D eigenvalue weighted by atomic mass is 35.5. The number of hydrogen-bond donors (Lipinski definition) is 1. The molecule has 2 fully saturated rings. The van der Waals surface area contributed by atoms with Crippen LogP contribution in [0.2, 0.25) is 0 Å². The molecule has 1 aromatic rings. The molecule has 0 radical (unpaired) electrons. The van der Waals surface area contributed by atoms with Crippen LogP contribution in [0.25, 0.3) is 0 Å². The van der Waals surface area contributed by atoms with Crippen LogP contribution in [0.5, 0.6) is 5.75 Å². The average Bonchev–Trinajstić information content (AvgIpc) is 2.82. The first kappa shape index (κ1) is 27.2. The van der Waals surface area contributed by atoms with Gasteiger partial charge in [0.15, 0.2) is 0 Å². The maximum Gasteiger partial charge on any atom is 0.227 e. The van der Waals surface area contributed by atoms with Gasteiger partial charge in [0, 0.05) is 38.8 Å². The van der Waals surface area contributed by atoms with E-state index >= 15 is 0 Å². The van der Waals surface area contributed by atoms with E-state index in [0.717, 1.165) is 56.1 Å². The molecule has 32 heavy (non-hydrogen) atoms. The van der Waals surface area contributed by atoms with Gasteiger partial charge in [0.2, 0.25) is 5.91 Å². The third-order valence-corrected chi connectivity index (χ3v) is 7.45. The summed E-state index contributed by atoms with van der Waals surface area (Å²) in [6, 6.07) is 6.97. The van der Waals surface area contributed by atoms with Crippen molar-refractivity contribution in [1.82, 2.24) is 15.1 Å². The smallest absolute Gasteiger partial charge is 0.227 e. The van der Waals surface area contributed by atoms with E-state index in [2.05, 4.69) is 21.2 Å². The van der Waals surface area contributed by atoms with E-state index in [1.807, 2.05) is 12.1 Å². The fraction of sp³-hybridized carbons (Fsp3) is 0.720. The number of amides is 1. The predicted octanol–water partition coefficient (Wildman–Crippen LogP) is 4.42. The molecule has 4 rings (SSSR count). The minimum absolute atomic E-state index is 0. The summed E-state index contributed by atoms with van der Waals surface area (Å²) in [6.07, 6.45) is 11.1. The number of piperazine rings is 1. The van der Waals surface area contributed by atoms with Crippen LogP contribution in [0.15, 0.2) is 18.2 Å². The second-order valence-electron chi connectivity index (χ2n) is 9.29. The van der Waals surface area contributed by atoms with E-state index in [9.17, 15) is 4.79 Å². The molecule has 1 unspecified atom stereocenters. The van der Waals surface area contributed by atoms with Gasteiger partial charge < -0.3 is 15.0 Å². The molecule has 5 nitrogen and oxygen atoms in total. The minimum Gasteiger partial charge on any atom is -0.496 e. The van der Waals surface area contributed by atoms with Crippen molar-refractivity contribution in [2.24, 2.45) is 0 Å². The lowest BCUT2D eigenvalue weighted by atomic mass is 9.82. The Bertz CT molecular complexity index is 704. The minimum atomic E-state index is -0.0251. The quantitative estimate of drug-likeness (QED) is 0.580. The number of rotatable bonds is 7. The largest absolute Gasteiger partial charge is 0.496 e. The molecule has 0 spiro atoms. The highest BCUT2D eigenvalue weighted by molar-refractivity contribution is 5.86. The van der Waals surface area contributed by atoms with Crippen molar-refractivity contribution < 1.29 is 9.53 Å². The van der Waals surface area contributed by atoms with Gasteiger partial charge >= 0.3 is 0 Å². The fourth-order valence-electron chi connectivity index (χ4n) is 5.71. The average molecular weight is 487 g/mol. The van der Waals surface area contributed by atoms with Crippen LogP contribution in [0, 0.1) is 0 Å². The summed E-state index contributed by atoms with van der Waals surface area (Å²) in [4.78, 5) is 18.2. The maximum atomic E-state index is 12.9. The third kappa shape index (κ3) is 6.75. The zero-order valence-electron chi connectivity index (χ0n) is 19.5. The maximum absolute atomic E-state index is 12.9. The second-order valence-corrected chi connectivity index (χ2v) is 9.29. The third-order valence-electron chi connectivity index (χ3n) is 7.45. The standard InChI is InChI=1S/C25H39N3O2.2ClH/c1-30-24-13-6-10-21-22(24)11-5-12-23(21)25(29)26-14-7-15-27-16-18-28(19-17-27)20-8-3-2-4-9-20;;/h6,10,13,20,23H,2-5,7-9,11-12,14-19H2,1H3,(H,26,29);2*1H. The summed E-state index contributed by atoms with van der Waals surface area (Å²) < 4.78 is 5.51. The molecule has 3 aliphatic rings. The van der Waals surface area contributed by atoms with Gasteiger partial charge in [-0.2, -0.15) is 0 Å². The molecule has 1 saturated carbocycles. The van der Waals surface area contributed by atoms with Gasteiger partial charge in [0.1, 0.15) is 5.75 Å². The number of benzene rings is 1. The van der Waals surface area contributed by atoms with Crippen molar-refractivity contribution in [3.05, 3.63) is 29.3 Å².